The summed E-state index contributed by atoms with van der Waals surface area (Å²) in [6.07, 6.45) is 0.198. The van der Waals surface area contributed by atoms with Crippen molar-refractivity contribution < 1.29 is 9.90 Å². The highest BCUT2D eigenvalue weighted by atomic mass is 79.9. The number of rotatable bonds is 3. The first kappa shape index (κ1) is 15.5. The molecule has 20 heavy (non-hydrogen) atoms. The monoisotopic (exact) mass is 461 g/mol. The Morgan fingerprint density at radius 2 is 1.75 bits per heavy atom. The second-order valence-electron chi connectivity index (χ2n) is 4.14. The fourth-order valence-corrected chi connectivity index (χ4v) is 4.15. The van der Waals surface area contributed by atoms with Crippen LogP contribution in [-0.2, 0) is 11.2 Å². The van der Waals surface area contributed by atoms with E-state index in [1.807, 2.05) is 12.1 Å². The number of anilines is 1. The van der Waals surface area contributed by atoms with Gasteiger partial charge in [0, 0.05) is 13.4 Å². The Bertz CT molecular complexity index is 636. The van der Waals surface area contributed by atoms with Crippen molar-refractivity contribution in [3.05, 3.63) is 55.4 Å². The highest BCUT2D eigenvalue weighted by Gasteiger charge is 2.11. The van der Waals surface area contributed by atoms with E-state index in [0.717, 1.165) is 19.0 Å². The first-order valence-corrected chi connectivity index (χ1v) is 8.06. The van der Waals surface area contributed by atoms with Gasteiger partial charge in [-0.25, -0.2) is 0 Å². The van der Waals surface area contributed by atoms with Crippen LogP contribution in [0.3, 0.4) is 0 Å². The Kier molecular flexibility index (Phi) is 5.23. The van der Waals surface area contributed by atoms with Gasteiger partial charge in [-0.15, -0.1) is 0 Å². The minimum atomic E-state index is -0.153. The Labute approximate surface area is 141 Å². The van der Waals surface area contributed by atoms with Crippen LogP contribution in [-0.4, -0.2) is 11.0 Å². The van der Waals surface area contributed by atoms with Crippen molar-refractivity contribution in [2.45, 2.75) is 6.42 Å². The van der Waals surface area contributed by atoms with Crippen molar-refractivity contribution in [2.75, 3.05) is 5.32 Å². The van der Waals surface area contributed by atoms with Crippen molar-refractivity contribution >= 4 is 59.4 Å². The van der Waals surface area contributed by atoms with E-state index >= 15 is 0 Å². The number of hydrogen-bond donors (Lipinski definition) is 2. The molecule has 0 heterocycles. The van der Waals surface area contributed by atoms with Crippen LogP contribution in [0.4, 0.5) is 5.69 Å². The molecule has 0 aromatic heterocycles. The molecule has 0 saturated heterocycles. The molecule has 6 heteroatoms. The number of nitrogens with one attached hydrogen (secondary N) is 1. The molecular formula is C14H10Br3NO2. The average molecular weight is 464 g/mol. The van der Waals surface area contributed by atoms with Crippen molar-refractivity contribution in [1.29, 1.82) is 0 Å². The Hall–Kier alpha value is -0.850. The molecule has 3 nitrogen and oxygen atoms in total. The molecule has 0 atom stereocenters. The molecule has 0 saturated carbocycles. The van der Waals surface area contributed by atoms with Crippen molar-refractivity contribution in [3.63, 3.8) is 0 Å². The lowest BCUT2D eigenvalue weighted by molar-refractivity contribution is -0.115. The summed E-state index contributed by atoms with van der Waals surface area (Å²) in [6, 6.07) is 10.4. The lowest BCUT2D eigenvalue weighted by Crippen LogP contribution is -2.15. The van der Waals surface area contributed by atoms with Crippen LogP contribution in [0.1, 0.15) is 5.56 Å². The number of phenolic OH excluding ortho intramolecular Hbond substituents is 1. The lowest BCUT2D eigenvalue weighted by atomic mass is 10.1. The minimum Gasteiger partial charge on any atom is -0.508 e. The van der Waals surface area contributed by atoms with Gasteiger partial charge in [0.1, 0.15) is 5.75 Å². The number of aromatic hydroxyl groups is 1. The van der Waals surface area contributed by atoms with Gasteiger partial charge in [-0.1, -0.05) is 28.1 Å². The molecule has 104 valence electrons. The molecule has 2 aromatic rings. The van der Waals surface area contributed by atoms with Crippen LogP contribution in [0, 0.1) is 0 Å². The highest BCUT2D eigenvalue weighted by molar-refractivity contribution is 9.11. The second-order valence-corrected chi connectivity index (χ2v) is 6.76. The third-order valence-corrected chi connectivity index (χ3v) is 4.26. The summed E-state index contributed by atoms with van der Waals surface area (Å²) in [5.74, 6) is 0.000579. The predicted molar refractivity (Wildman–Crippen MR) is 90.0 cm³/mol. The van der Waals surface area contributed by atoms with Gasteiger partial charge in [-0.3, -0.25) is 4.79 Å². The predicted octanol–water partition coefficient (Wildman–Crippen LogP) is 4.86. The van der Waals surface area contributed by atoms with E-state index in [1.165, 1.54) is 0 Å². The molecule has 0 bridgehead atoms. The van der Waals surface area contributed by atoms with Crippen LogP contribution >= 0.6 is 47.8 Å². The van der Waals surface area contributed by atoms with Crippen LogP contribution in [0.25, 0.3) is 0 Å². The number of carbonyl (C=O) groups excluding carboxylic acids is 1. The molecule has 2 N–H and O–H groups in total. The number of hydrogen-bond acceptors (Lipinski definition) is 2. The van der Waals surface area contributed by atoms with Gasteiger partial charge in [0.05, 0.1) is 12.1 Å². The number of benzene rings is 2. The largest absolute Gasteiger partial charge is 0.508 e. The van der Waals surface area contributed by atoms with E-state index in [-0.39, 0.29) is 18.1 Å². The third-order valence-electron chi connectivity index (χ3n) is 2.55. The zero-order valence-electron chi connectivity index (χ0n) is 10.2. The van der Waals surface area contributed by atoms with E-state index in [4.69, 9.17) is 0 Å². The maximum absolute atomic E-state index is 12.0. The van der Waals surface area contributed by atoms with Gasteiger partial charge in [-0.2, -0.15) is 0 Å². The summed E-state index contributed by atoms with van der Waals surface area (Å²) < 4.78 is 2.47. The molecule has 0 radical (unpaired) electrons. The van der Waals surface area contributed by atoms with Gasteiger partial charge in [0.25, 0.3) is 0 Å². The number of halogens is 3. The molecule has 1 amide bonds. The first-order chi connectivity index (χ1) is 9.45. The zero-order valence-corrected chi connectivity index (χ0v) is 14.9. The van der Waals surface area contributed by atoms with Crippen LogP contribution < -0.4 is 5.32 Å². The van der Waals surface area contributed by atoms with Gasteiger partial charge < -0.3 is 10.4 Å². The smallest absolute Gasteiger partial charge is 0.228 e. The molecule has 2 rings (SSSR count). The molecule has 0 unspecified atom stereocenters. The van der Waals surface area contributed by atoms with Crippen LogP contribution in [0.5, 0.6) is 5.75 Å². The molecule has 0 aliphatic rings. The second kappa shape index (κ2) is 6.74. The van der Waals surface area contributed by atoms with E-state index in [1.54, 1.807) is 24.3 Å². The van der Waals surface area contributed by atoms with Gasteiger partial charge in [0.15, 0.2) is 0 Å². The van der Waals surface area contributed by atoms with Crippen LogP contribution in [0.2, 0.25) is 0 Å². The zero-order chi connectivity index (χ0) is 14.7. The molecule has 0 aliphatic carbocycles. The Balaban J connectivity index is 2.13. The molecule has 0 spiro atoms. The topological polar surface area (TPSA) is 49.3 Å². The quantitative estimate of drug-likeness (QED) is 0.683. The normalized spacial score (nSPS) is 10.3. The van der Waals surface area contributed by atoms with Gasteiger partial charge in [-0.05, 0) is 61.7 Å². The van der Waals surface area contributed by atoms with E-state index in [0.29, 0.717) is 5.69 Å². The number of amides is 1. The third kappa shape index (κ3) is 4.07. The molecule has 0 aliphatic heterocycles. The van der Waals surface area contributed by atoms with Gasteiger partial charge in [0.2, 0.25) is 5.91 Å². The molecule has 0 fully saturated rings. The van der Waals surface area contributed by atoms with Gasteiger partial charge >= 0.3 is 0 Å². The lowest BCUT2D eigenvalue weighted by Gasteiger charge is -2.10. The fraction of sp³-hybridized carbons (Fsp3) is 0.0714. The van der Waals surface area contributed by atoms with Crippen molar-refractivity contribution in [2.24, 2.45) is 0 Å². The Morgan fingerprint density at radius 1 is 1.10 bits per heavy atom. The number of phenols is 1. The van der Waals surface area contributed by atoms with E-state index in [9.17, 15) is 9.90 Å². The maximum atomic E-state index is 12.0. The Morgan fingerprint density at radius 3 is 2.35 bits per heavy atom. The summed E-state index contributed by atoms with van der Waals surface area (Å²) in [5.41, 5.74) is 1.44. The summed E-state index contributed by atoms with van der Waals surface area (Å²) in [6.45, 7) is 0. The molecule has 2 aromatic carbocycles. The fourth-order valence-electron chi connectivity index (χ4n) is 1.70. The standard InChI is InChI=1S/C14H10Br3NO2/c15-9-6-11(16)14(12(17)7-9)18-13(20)5-8-2-1-3-10(19)4-8/h1-4,6-7,19H,5H2,(H,18,20). The molecular weight excluding hydrogens is 454 g/mol. The van der Waals surface area contributed by atoms with E-state index in [2.05, 4.69) is 53.1 Å². The average Bonchev–Trinajstić information content (AvgIpc) is 2.33. The maximum Gasteiger partial charge on any atom is 0.228 e. The van der Waals surface area contributed by atoms with Crippen molar-refractivity contribution in [3.8, 4) is 5.75 Å². The van der Waals surface area contributed by atoms with Crippen molar-refractivity contribution in [1.82, 2.24) is 0 Å². The summed E-state index contributed by atoms with van der Waals surface area (Å²) in [7, 11) is 0. The summed E-state index contributed by atoms with van der Waals surface area (Å²) >= 11 is 10.2. The summed E-state index contributed by atoms with van der Waals surface area (Å²) in [5, 5.41) is 12.2. The first-order valence-electron chi connectivity index (χ1n) is 5.68. The summed E-state index contributed by atoms with van der Waals surface area (Å²) in [4.78, 5) is 12.0. The SMILES string of the molecule is O=C(Cc1cccc(O)c1)Nc1c(Br)cc(Br)cc1Br. The minimum absolute atomic E-state index is 0.153. The van der Waals surface area contributed by atoms with Crippen LogP contribution in [0.15, 0.2) is 49.8 Å². The van der Waals surface area contributed by atoms with E-state index < -0.39 is 0 Å². The number of carbonyl (C=O) groups is 1. The highest BCUT2D eigenvalue weighted by Crippen LogP contribution is 2.34.